The third kappa shape index (κ3) is 15.9. The van der Waals surface area contributed by atoms with Gasteiger partial charge in [-0.3, -0.25) is 4.79 Å². The summed E-state index contributed by atoms with van der Waals surface area (Å²) in [6.07, 6.45) is 9.97. The van der Waals surface area contributed by atoms with Crippen molar-refractivity contribution in [1.29, 1.82) is 0 Å². The molecule has 0 aromatic heterocycles. The number of thioether (sulfide) groups is 1. The van der Waals surface area contributed by atoms with Crippen LogP contribution in [0.5, 0.6) is 0 Å². The Bertz CT molecular complexity index is 1020. The van der Waals surface area contributed by atoms with Gasteiger partial charge in [0.25, 0.3) is 0 Å². The van der Waals surface area contributed by atoms with Gasteiger partial charge in [0.15, 0.2) is 0 Å². The summed E-state index contributed by atoms with van der Waals surface area (Å²) in [6.45, 7) is 13.6. The van der Waals surface area contributed by atoms with Gasteiger partial charge in [-0.25, -0.2) is 9.59 Å². The summed E-state index contributed by atoms with van der Waals surface area (Å²) in [4.78, 5) is 37.4. The van der Waals surface area contributed by atoms with Crippen LogP contribution in [-0.2, 0) is 14.3 Å². The molecule has 0 saturated heterocycles. The molecule has 0 radical (unpaired) electrons. The highest BCUT2D eigenvalue weighted by Gasteiger charge is 2.29. The SMILES string of the molecule is CC(C)=CCCC(C)=CCCC(C)=CCSC[C@H](NC(=O)[C@@H](NC(=O)OC(C)(C)C)c1ccccc1)C(=O)O. The van der Waals surface area contributed by atoms with E-state index >= 15 is 0 Å². The molecule has 0 saturated carbocycles. The fraction of sp³-hybridized carbons (Fsp3) is 0.516. The van der Waals surface area contributed by atoms with Gasteiger partial charge in [0.1, 0.15) is 17.7 Å². The Labute approximate surface area is 238 Å². The summed E-state index contributed by atoms with van der Waals surface area (Å²) in [5.74, 6) is -0.900. The van der Waals surface area contributed by atoms with Crippen LogP contribution in [0.2, 0.25) is 0 Å². The number of carboxylic acids is 1. The predicted molar refractivity (Wildman–Crippen MR) is 161 cm³/mol. The molecule has 8 heteroatoms. The zero-order valence-electron chi connectivity index (χ0n) is 24.5. The molecule has 0 aliphatic carbocycles. The highest BCUT2D eigenvalue weighted by molar-refractivity contribution is 7.99. The van der Waals surface area contributed by atoms with E-state index in [1.54, 1.807) is 51.1 Å². The van der Waals surface area contributed by atoms with Crippen LogP contribution in [0.15, 0.2) is 65.3 Å². The second-order valence-corrected chi connectivity index (χ2v) is 12.0. The monoisotopic (exact) mass is 558 g/mol. The molecule has 0 heterocycles. The summed E-state index contributed by atoms with van der Waals surface area (Å²) in [5, 5.41) is 14.9. The van der Waals surface area contributed by atoms with Gasteiger partial charge in [-0.05, 0) is 79.7 Å². The molecular formula is C31H46N2O5S. The van der Waals surface area contributed by atoms with Gasteiger partial charge >= 0.3 is 12.1 Å². The van der Waals surface area contributed by atoms with Gasteiger partial charge in [0.2, 0.25) is 5.91 Å². The number of rotatable bonds is 15. The first-order valence-electron chi connectivity index (χ1n) is 13.4. The van der Waals surface area contributed by atoms with Crippen molar-refractivity contribution in [3.05, 3.63) is 70.8 Å². The summed E-state index contributed by atoms with van der Waals surface area (Å²) in [6, 6.07) is 6.48. The smallest absolute Gasteiger partial charge is 0.408 e. The van der Waals surface area contributed by atoms with Crippen LogP contribution in [-0.4, -0.2) is 46.2 Å². The maximum Gasteiger partial charge on any atom is 0.408 e. The average molecular weight is 559 g/mol. The number of carboxylic acid groups (broad SMARTS) is 1. The molecule has 0 bridgehead atoms. The minimum absolute atomic E-state index is 0.197. The number of benzene rings is 1. The van der Waals surface area contributed by atoms with Crippen LogP contribution in [0, 0.1) is 0 Å². The van der Waals surface area contributed by atoms with Crippen LogP contribution in [0.25, 0.3) is 0 Å². The molecule has 0 aliphatic rings. The topological polar surface area (TPSA) is 105 Å². The van der Waals surface area contributed by atoms with Crippen molar-refractivity contribution in [2.75, 3.05) is 11.5 Å². The van der Waals surface area contributed by atoms with Gasteiger partial charge < -0.3 is 20.5 Å². The normalized spacial score (nSPS) is 13.7. The molecular weight excluding hydrogens is 512 g/mol. The Morgan fingerprint density at radius 3 is 2.08 bits per heavy atom. The number of hydrogen-bond donors (Lipinski definition) is 3. The number of carbonyl (C=O) groups is 3. The number of carbonyl (C=O) groups excluding carboxylic acids is 2. The van der Waals surface area contributed by atoms with E-state index in [2.05, 4.69) is 56.6 Å². The third-order valence-corrected chi connectivity index (χ3v) is 6.60. The highest BCUT2D eigenvalue weighted by Crippen LogP contribution is 2.17. The van der Waals surface area contributed by atoms with E-state index in [-0.39, 0.29) is 5.75 Å². The van der Waals surface area contributed by atoms with E-state index in [9.17, 15) is 19.5 Å². The second-order valence-electron chi connectivity index (χ2n) is 10.9. The van der Waals surface area contributed by atoms with Crippen LogP contribution >= 0.6 is 11.8 Å². The number of amides is 2. The van der Waals surface area contributed by atoms with E-state index < -0.39 is 35.7 Å². The largest absolute Gasteiger partial charge is 0.480 e. The lowest BCUT2D eigenvalue weighted by atomic mass is 10.1. The Morgan fingerprint density at radius 1 is 0.923 bits per heavy atom. The minimum atomic E-state index is -1.13. The van der Waals surface area contributed by atoms with Crippen LogP contribution < -0.4 is 10.6 Å². The van der Waals surface area contributed by atoms with Crippen molar-refractivity contribution < 1.29 is 24.2 Å². The van der Waals surface area contributed by atoms with Crippen LogP contribution in [0.4, 0.5) is 4.79 Å². The molecule has 0 spiro atoms. The average Bonchev–Trinajstić information content (AvgIpc) is 2.83. The van der Waals surface area contributed by atoms with Crippen molar-refractivity contribution >= 4 is 29.7 Å². The van der Waals surface area contributed by atoms with Gasteiger partial charge in [0, 0.05) is 11.5 Å². The van der Waals surface area contributed by atoms with Crippen molar-refractivity contribution in [3.8, 4) is 0 Å². The molecule has 0 aliphatic heterocycles. The number of allylic oxidation sites excluding steroid dienone is 5. The molecule has 2 amide bonds. The minimum Gasteiger partial charge on any atom is -0.480 e. The van der Waals surface area contributed by atoms with E-state index in [1.165, 1.54) is 28.5 Å². The number of alkyl carbamates (subject to hydrolysis) is 1. The highest BCUT2D eigenvalue weighted by atomic mass is 32.2. The molecule has 39 heavy (non-hydrogen) atoms. The lowest BCUT2D eigenvalue weighted by Crippen LogP contribution is -2.49. The Balaban J connectivity index is 2.67. The molecule has 216 valence electrons. The maximum atomic E-state index is 13.1. The lowest BCUT2D eigenvalue weighted by molar-refractivity contribution is -0.141. The molecule has 3 N–H and O–H groups in total. The fourth-order valence-electron chi connectivity index (χ4n) is 3.53. The molecule has 1 aromatic rings. The molecule has 0 unspecified atom stereocenters. The standard InChI is InChI=1S/C31H46N2O5S/c1-22(2)13-11-14-23(3)15-12-16-24(4)19-20-39-21-26(29(35)36)32-28(34)27(25-17-9-8-10-18-25)33-30(37)38-31(5,6)7/h8-10,13,15,17-19,26-27H,11-12,14,16,20-21H2,1-7H3,(H,32,34)(H,33,37)(H,35,36)/t26-,27-/m0/s1. The van der Waals surface area contributed by atoms with E-state index in [1.807, 2.05) is 0 Å². The maximum absolute atomic E-state index is 13.1. The lowest BCUT2D eigenvalue weighted by Gasteiger charge is -2.24. The van der Waals surface area contributed by atoms with Crippen molar-refractivity contribution in [3.63, 3.8) is 0 Å². The number of hydrogen-bond acceptors (Lipinski definition) is 5. The zero-order chi connectivity index (χ0) is 29.4. The number of nitrogens with one attached hydrogen (secondary N) is 2. The molecule has 1 rings (SSSR count). The van der Waals surface area contributed by atoms with Crippen LogP contribution in [0.1, 0.15) is 85.8 Å². The fourth-order valence-corrected chi connectivity index (χ4v) is 4.53. The quantitative estimate of drug-likeness (QED) is 0.159. The molecule has 2 atom stereocenters. The van der Waals surface area contributed by atoms with Crippen LogP contribution in [0.3, 0.4) is 0 Å². The summed E-state index contributed by atoms with van der Waals surface area (Å²) in [5.41, 5.74) is 3.77. The van der Waals surface area contributed by atoms with E-state index in [4.69, 9.17) is 4.74 Å². The zero-order valence-corrected chi connectivity index (χ0v) is 25.3. The van der Waals surface area contributed by atoms with Crippen molar-refractivity contribution in [2.45, 2.75) is 91.8 Å². The second kappa shape index (κ2) is 17.6. The summed E-state index contributed by atoms with van der Waals surface area (Å²) in [7, 11) is 0. The Hall–Kier alpha value is -3.00. The van der Waals surface area contributed by atoms with E-state index in [0.717, 1.165) is 25.7 Å². The van der Waals surface area contributed by atoms with Crippen molar-refractivity contribution in [1.82, 2.24) is 10.6 Å². The van der Waals surface area contributed by atoms with E-state index in [0.29, 0.717) is 11.3 Å². The van der Waals surface area contributed by atoms with Gasteiger partial charge in [-0.15, -0.1) is 0 Å². The van der Waals surface area contributed by atoms with Gasteiger partial charge in [-0.1, -0.05) is 65.3 Å². The summed E-state index contributed by atoms with van der Waals surface area (Å²) >= 11 is 1.44. The first-order chi connectivity index (χ1) is 18.3. The Kier molecular flexibility index (Phi) is 15.3. The molecule has 7 nitrogen and oxygen atoms in total. The van der Waals surface area contributed by atoms with Gasteiger partial charge in [-0.2, -0.15) is 11.8 Å². The number of aliphatic carboxylic acids is 1. The first-order valence-corrected chi connectivity index (χ1v) is 14.5. The third-order valence-electron chi connectivity index (χ3n) is 5.63. The first kappa shape index (κ1) is 34.0. The Morgan fingerprint density at radius 2 is 1.51 bits per heavy atom. The molecule has 0 fully saturated rings. The van der Waals surface area contributed by atoms with Gasteiger partial charge in [0.05, 0.1) is 0 Å². The predicted octanol–water partition coefficient (Wildman–Crippen LogP) is 6.97. The molecule has 1 aromatic carbocycles. The number of ether oxygens (including phenoxy) is 1. The van der Waals surface area contributed by atoms with Crippen molar-refractivity contribution in [2.24, 2.45) is 0 Å². The summed E-state index contributed by atoms with van der Waals surface area (Å²) < 4.78 is 5.30.